The second-order valence-corrected chi connectivity index (χ2v) is 6.74. The Kier molecular flexibility index (Phi) is 8.34. The minimum absolute atomic E-state index is 0.225. The third kappa shape index (κ3) is 6.42. The number of anilines is 1. The Labute approximate surface area is 196 Å². The molecule has 3 aromatic rings. The van der Waals surface area contributed by atoms with E-state index in [0.29, 0.717) is 34.9 Å². The van der Waals surface area contributed by atoms with Crippen LogP contribution in [0.4, 0.5) is 5.69 Å². The van der Waals surface area contributed by atoms with Gasteiger partial charge in [0.15, 0.2) is 0 Å². The van der Waals surface area contributed by atoms with Crippen LogP contribution in [0.2, 0.25) is 0 Å². The van der Waals surface area contributed by atoms with Crippen LogP contribution in [-0.2, 0) is 9.59 Å². The molecule has 3 aromatic carbocycles. The summed E-state index contributed by atoms with van der Waals surface area (Å²) in [5.74, 6) is -1.29. The predicted octanol–water partition coefficient (Wildman–Crippen LogP) is 3.40. The highest BCUT2D eigenvalue weighted by Crippen LogP contribution is 2.23. The summed E-state index contributed by atoms with van der Waals surface area (Å²) in [7, 11) is 1.50. The normalized spacial score (nSPS) is 10.4. The van der Waals surface area contributed by atoms with Gasteiger partial charge in [-0.1, -0.05) is 30.3 Å². The Bertz CT molecular complexity index is 1210. The minimum Gasteiger partial charge on any atom is -0.497 e. The van der Waals surface area contributed by atoms with Gasteiger partial charge in [0.25, 0.3) is 0 Å². The number of hydrogen-bond acceptors (Lipinski definition) is 7. The molecule has 34 heavy (non-hydrogen) atoms. The van der Waals surface area contributed by atoms with E-state index in [1.54, 1.807) is 72.8 Å². The van der Waals surface area contributed by atoms with E-state index in [-0.39, 0.29) is 5.75 Å². The van der Waals surface area contributed by atoms with Gasteiger partial charge in [0.05, 0.1) is 31.2 Å². The molecule has 0 spiro atoms. The van der Waals surface area contributed by atoms with Gasteiger partial charge < -0.3 is 19.5 Å². The van der Waals surface area contributed by atoms with E-state index in [4.69, 9.17) is 14.2 Å². The number of rotatable bonds is 8. The molecule has 0 bridgehead atoms. The number of benzene rings is 3. The molecule has 0 aliphatic rings. The van der Waals surface area contributed by atoms with E-state index in [9.17, 15) is 14.4 Å². The number of carbonyl (C=O) groups is 3. The quantitative estimate of drug-likeness (QED) is 0.175. The Hall–Kier alpha value is -4.66. The van der Waals surface area contributed by atoms with Crippen molar-refractivity contribution in [2.45, 2.75) is 6.92 Å². The monoisotopic (exact) mass is 461 g/mol. The number of amides is 2. The van der Waals surface area contributed by atoms with Crippen LogP contribution in [0.15, 0.2) is 77.9 Å². The molecule has 9 heteroatoms. The van der Waals surface area contributed by atoms with Crippen molar-refractivity contribution in [3.8, 4) is 17.2 Å². The van der Waals surface area contributed by atoms with Crippen LogP contribution in [-0.4, -0.2) is 37.7 Å². The number of nitrogens with one attached hydrogen (secondary N) is 2. The summed E-state index contributed by atoms with van der Waals surface area (Å²) in [4.78, 5) is 36.8. The molecule has 0 atom stereocenters. The largest absolute Gasteiger partial charge is 0.497 e. The fourth-order valence-electron chi connectivity index (χ4n) is 2.83. The average Bonchev–Trinajstić information content (AvgIpc) is 2.86. The highest BCUT2D eigenvalue weighted by molar-refractivity contribution is 6.39. The van der Waals surface area contributed by atoms with Crippen LogP contribution in [0.5, 0.6) is 17.2 Å². The maximum absolute atomic E-state index is 12.5. The van der Waals surface area contributed by atoms with Gasteiger partial charge in [0.1, 0.15) is 17.2 Å². The van der Waals surface area contributed by atoms with Crippen molar-refractivity contribution >= 4 is 29.7 Å². The second-order valence-electron chi connectivity index (χ2n) is 6.74. The van der Waals surface area contributed by atoms with Crippen molar-refractivity contribution in [2.24, 2.45) is 5.10 Å². The lowest BCUT2D eigenvalue weighted by molar-refractivity contribution is -0.136. The van der Waals surface area contributed by atoms with Crippen molar-refractivity contribution in [2.75, 3.05) is 19.0 Å². The zero-order valence-corrected chi connectivity index (χ0v) is 18.6. The first-order valence-electron chi connectivity index (χ1n) is 10.3. The molecule has 0 saturated carbocycles. The summed E-state index contributed by atoms with van der Waals surface area (Å²) in [6.07, 6.45) is 1.27. The molecular weight excluding hydrogens is 438 g/mol. The maximum atomic E-state index is 12.5. The third-order valence-corrected chi connectivity index (χ3v) is 4.44. The minimum atomic E-state index is -0.978. The maximum Gasteiger partial charge on any atom is 0.343 e. The summed E-state index contributed by atoms with van der Waals surface area (Å²) >= 11 is 0. The van der Waals surface area contributed by atoms with E-state index in [1.165, 1.54) is 13.3 Å². The number of hydrazone groups is 1. The summed E-state index contributed by atoms with van der Waals surface area (Å²) < 4.78 is 16.0. The van der Waals surface area contributed by atoms with Crippen molar-refractivity contribution in [1.29, 1.82) is 0 Å². The second kappa shape index (κ2) is 11.8. The molecule has 0 aliphatic heterocycles. The summed E-state index contributed by atoms with van der Waals surface area (Å²) in [6.45, 7) is 2.22. The van der Waals surface area contributed by atoms with Crippen molar-refractivity contribution in [3.05, 3.63) is 83.9 Å². The SMILES string of the molecule is CCOc1ccccc1NC(=O)C(=O)N/N=C/c1ccccc1OC(=O)c1cccc(OC)c1. The number of carbonyl (C=O) groups excluding carboxylic acids is 3. The molecule has 2 amide bonds. The summed E-state index contributed by atoms with van der Waals surface area (Å²) in [5.41, 5.74) is 3.24. The Morgan fingerprint density at radius 3 is 2.41 bits per heavy atom. The van der Waals surface area contributed by atoms with Gasteiger partial charge in [0, 0.05) is 5.56 Å². The van der Waals surface area contributed by atoms with Gasteiger partial charge >= 0.3 is 17.8 Å². The molecule has 0 unspecified atom stereocenters. The van der Waals surface area contributed by atoms with Gasteiger partial charge in [-0.3, -0.25) is 9.59 Å². The first kappa shape index (κ1) is 24.0. The molecule has 0 saturated heterocycles. The molecule has 9 nitrogen and oxygen atoms in total. The van der Waals surface area contributed by atoms with Gasteiger partial charge in [-0.05, 0) is 49.4 Å². The smallest absolute Gasteiger partial charge is 0.343 e. The van der Waals surface area contributed by atoms with Gasteiger partial charge in [-0.2, -0.15) is 5.10 Å². The number of hydrogen-bond donors (Lipinski definition) is 2. The van der Waals surface area contributed by atoms with E-state index in [2.05, 4.69) is 15.8 Å². The highest BCUT2D eigenvalue weighted by Gasteiger charge is 2.16. The molecule has 0 aliphatic carbocycles. The van der Waals surface area contributed by atoms with Crippen LogP contribution in [0.3, 0.4) is 0 Å². The standard InChI is InChI=1S/C25H23N3O6/c1-3-33-22-14-7-5-12-20(22)27-23(29)24(30)28-26-16-18-9-4-6-13-21(18)34-25(31)17-10-8-11-19(15-17)32-2/h4-16H,3H2,1-2H3,(H,27,29)(H,28,30)/b26-16+. The third-order valence-electron chi connectivity index (χ3n) is 4.44. The number of ether oxygens (including phenoxy) is 3. The van der Waals surface area contributed by atoms with E-state index < -0.39 is 17.8 Å². The summed E-state index contributed by atoms with van der Waals surface area (Å²) in [6, 6.07) is 19.9. The van der Waals surface area contributed by atoms with Gasteiger partial charge in [0.2, 0.25) is 0 Å². The predicted molar refractivity (Wildman–Crippen MR) is 126 cm³/mol. The number of para-hydroxylation sites is 3. The molecule has 0 fully saturated rings. The number of nitrogens with zero attached hydrogens (tertiary/aromatic N) is 1. The topological polar surface area (TPSA) is 115 Å². The Morgan fingerprint density at radius 2 is 1.65 bits per heavy atom. The fraction of sp³-hybridized carbons (Fsp3) is 0.120. The van der Waals surface area contributed by atoms with Crippen molar-refractivity contribution in [3.63, 3.8) is 0 Å². The highest BCUT2D eigenvalue weighted by atomic mass is 16.5. The molecule has 0 heterocycles. The molecule has 174 valence electrons. The van der Waals surface area contributed by atoms with Crippen LogP contribution < -0.4 is 25.0 Å². The summed E-state index contributed by atoms with van der Waals surface area (Å²) in [5, 5.41) is 6.28. The van der Waals surface area contributed by atoms with E-state index in [1.807, 2.05) is 6.92 Å². The Morgan fingerprint density at radius 1 is 0.912 bits per heavy atom. The van der Waals surface area contributed by atoms with Crippen molar-refractivity contribution < 1.29 is 28.6 Å². The van der Waals surface area contributed by atoms with Crippen LogP contribution in [0.1, 0.15) is 22.8 Å². The number of esters is 1. The Balaban J connectivity index is 1.63. The lowest BCUT2D eigenvalue weighted by Crippen LogP contribution is -2.32. The lowest BCUT2D eigenvalue weighted by atomic mass is 10.2. The zero-order chi connectivity index (χ0) is 24.3. The van der Waals surface area contributed by atoms with Crippen LogP contribution >= 0.6 is 0 Å². The van der Waals surface area contributed by atoms with Crippen LogP contribution in [0, 0.1) is 0 Å². The lowest BCUT2D eigenvalue weighted by Gasteiger charge is -2.10. The molecule has 3 rings (SSSR count). The van der Waals surface area contributed by atoms with Gasteiger partial charge in [-0.25, -0.2) is 10.2 Å². The van der Waals surface area contributed by atoms with Gasteiger partial charge in [-0.15, -0.1) is 0 Å². The average molecular weight is 461 g/mol. The van der Waals surface area contributed by atoms with Crippen LogP contribution in [0.25, 0.3) is 0 Å². The van der Waals surface area contributed by atoms with E-state index >= 15 is 0 Å². The molecule has 0 aromatic heterocycles. The molecular formula is C25H23N3O6. The first-order chi connectivity index (χ1) is 16.5. The van der Waals surface area contributed by atoms with Crippen molar-refractivity contribution in [1.82, 2.24) is 5.43 Å². The van der Waals surface area contributed by atoms with E-state index in [0.717, 1.165) is 0 Å². The fourth-order valence-corrected chi connectivity index (χ4v) is 2.83. The first-order valence-corrected chi connectivity index (χ1v) is 10.3. The molecule has 2 N–H and O–H groups in total. The molecule has 0 radical (unpaired) electrons. The zero-order valence-electron chi connectivity index (χ0n) is 18.6. The number of methoxy groups -OCH3 is 1.